The normalized spacial score (nSPS) is 14.8. The number of rotatable bonds is 4. The number of urea groups is 1. The second-order valence-corrected chi connectivity index (χ2v) is 7.17. The van der Waals surface area contributed by atoms with Crippen molar-refractivity contribution in [1.29, 1.82) is 0 Å². The maximum absolute atomic E-state index is 12.6. The first kappa shape index (κ1) is 18.1. The summed E-state index contributed by atoms with van der Waals surface area (Å²) >= 11 is 0. The van der Waals surface area contributed by atoms with E-state index in [-0.39, 0.29) is 18.0 Å². The smallest absolute Gasteiger partial charge is 0.320 e. The molecule has 9 heteroatoms. The zero-order chi connectivity index (χ0) is 19.5. The van der Waals surface area contributed by atoms with E-state index >= 15 is 0 Å². The number of anilines is 2. The molecule has 0 aliphatic heterocycles. The zero-order valence-corrected chi connectivity index (χ0v) is 16.0. The number of fused-ring (bicyclic) bond motifs is 1. The number of hydrogen-bond donors (Lipinski definition) is 2. The molecular weight excluding hydrogens is 358 g/mol. The van der Waals surface area contributed by atoms with Gasteiger partial charge in [0, 0.05) is 37.9 Å². The first-order valence-electron chi connectivity index (χ1n) is 9.43. The predicted octanol–water partition coefficient (Wildman–Crippen LogP) is 3.20. The average Bonchev–Trinajstić information content (AvgIpc) is 3.18. The van der Waals surface area contributed by atoms with E-state index in [2.05, 4.69) is 30.8 Å². The van der Waals surface area contributed by atoms with Crippen LogP contribution in [0.1, 0.15) is 32.1 Å². The summed E-state index contributed by atoms with van der Waals surface area (Å²) in [5.74, 6) is 0.663. The molecule has 1 aliphatic rings. The third-order valence-electron chi connectivity index (χ3n) is 4.81. The van der Waals surface area contributed by atoms with Crippen LogP contribution in [0.3, 0.4) is 0 Å². The van der Waals surface area contributed by atoms with E-state index < -0.39 is 0 Å². The number of amides is 2. The molecule has 3 aromatic rings. The molecule has 0 radical (unpaired) electrons. The van der Waals surface area contributed by atoms with Gasteiger partial charge < -0.3 is 14.6 Å². The Morgan fingerprint density at radius 1 is 1.21 bits per heavy atom. The van der Waals surface area contributed by atoms with Crippen LogP contribution < -0.4 is 15.5 Å². The Morgan fingerprint density at radius 2 is 2.04 bits per heavy atom. The van der Waals surface area contributed by atoms with Crippen LogP contribution in [0.4, 0.5) is 16.6 Å². The molecule has 0 spiro atoms. The topological polar surface area (TPSA) is 109 Å². The third-order valence-corrected chi connectivity index (χ3v) is 4.81. The van der Waals surface area contributed by atoms with Crippen molar-refractivity contribution in [2.45, 2.75) is 38.1 Å². The summed E-state index contributed by atoms with van der Waals surface area (Å²) in [6.45, 7) is 0. The molecule has 3 aromatic heterocycles. The number of hydrogen-bond acceptors (Lipinski definition) is 7. The van der Waals surface area contributed by atoms with Crippen LogP contribution >= 0.6 is 0 Å². The molecule has 0 saturated heterocycles. The van der Waals surface area contributed by atoms with E-state index in [9.17, 15) is 4.79 Å². The van der Waals surface area contributed by atoms with E-state index in [1.165, 1.54) is 6.42 Å². The van der Waals surface area contributed by atoms with Gasteiger partial charge in [-0.15, -0.1) is 5.10 Å². The lowest BCUT2D eigenvalue weighted by molar-refractivity contribution is 0.244. The maximum Gasteiger partial charge on any atom is 0.320 e. The van der Waals surface area contributed by atoms with Gasteiger partial charge in [0.05, 0.1) is 11.1 Å². The average molecular weight is 381 g/mol. The van der Waals surface area contributed by atoms with E-state index in [0.29, 0.717) is 17.4 Å². The van der Waals surface area contributed by atoms with Crippen molar-refractivity contribution >= 4 is 28.8 Å². The summed E-state index contributed by atoms with van der Waals surface area (Å²) < 4.78 is 5.72. The zero-order valence-electron chi connectivity index (χ0n) is 16.0. The second kappa shape index (κ2) is 7.79. The number of aromatic nitrogens is 4. The fraction of sp³-hybridized carbons (Fsp3) is 0.421. The van der Waals surface area contributed by atoms with Crippen molar-refractivity contribution in [2.75, 3.05) is 24.3 Å². The van der Waals surface area contributed by atoms with E-state index in [4.69, 9.17) is 4.42 Å². The molecule has 9 nitrogen and oxygen atoms in total. The summed E-state index contributed by atoms with van der Waals surface area (Å²) in [6, 6.07) is 3.94. The van der Waals surface area contributed by atoms with Gasteiger partial charge in [0.1, 0.15) is 5.82 Å². The van der Waals surface area contributed by atoms with Gasteiger partial charge in [0.15, 0.2) is 0 Å². The van der Waals surface area contributed by atoms with Gasteiger partial charge >= 0.3 is 12.0 Å². The minimum absolute atomic E-state index is 0.200. The minimum atomic E-state index is -0.276. The van der Waals surface area contributed by atoms with Crippen molar-refractivity contribution in [1.82, 2.24) is 25.5 Å². The molecule has 2 amide bonds. The standard InChI is InChI=1S/C19H23N7O2/c1-26(2)19-25-24-17(28-19)14-10-12-11-20-9-8-15(12)22-16(14)23-18(27)21-13-6-4-3-5-7-13/h8-11,13H,3-7H2,1-2H3,(H2,21,22,23,27). The van der Waals surface area contributed by atoms with Crippen molar-refractivity contribution in [2.24, 2.45) is 0 Å². The third kappa shape index (κ3) is 3.88. The molecule has 1 aliphatic carbocycles. The van der Waals surface area contributed by atoms with Gasteiger partial charge in [0.25, 0.3) is 5.89 Å². The maximum atomic E-state index is 12.6. The number of carbonyl (C=O) groups is 1. The molecule has 0 atom stereocenters. The molecule has 2 N–H and O–H groups in total. The van der Waals surface area contributed by atoms with Crippen LogP contribution in [-0.4, -0.2) is 46.3 Å². The van der Waals surface area contributed by atoms with Crippen molar-refractivity contribution in [3.63, 3.8) is 0 Å². The van der Waals surface area contributed by atoms with Gasteiger partial charge in [-0.3, -0.25) is 10.3 Å². The van der Waals surface area contributed by atoms with Crippen LogP contribution in [0.5, 0.6) is 0 Å². The highest BCUT2D eigenvalue weighted by atomic mass is 16.4. The number of carbonyl (C=O) groups excluding carboxylic acids is 1. The highest BCUT2D eigenvalue weighted by Gasteiger charge is 2.20. The van der Waals surface area contributed by atoms with Gasteiger partial charge in [-0.2, -0.15) is 0 Å². The quantitative estimate of drug-likeness (QED) is 0.714. The molecular formula is C19H23N7O2. The largest absolute Gasteiger partial charge is 0.403 e. The van der Waals surface area contributed by atoms with Crippen LogP contribution in [0.25, 0.3) is 22.4 Å². The number of pyridine rings is 2. The summed E-state index contributed by atoms with van der Waals surface area (Å²) in [5, 5.41) is 14.9. The van der Waals surface area contributed by atoms with Gasteiger partial charge in [-0.25, -0.2) is 9.78 Å². The Kier molecular flexibility index (Phi) is 5.05. The van der Waals surface area contributed by atoms with E-state index in [0.717, 1.165) is 36.6 Å². The first-order valence-corrected chi connectivity index (χ1v) is 9.43. The van der Waals surface area contributed by atoms with Gasteiger partial charge in [-0.05, 0) is 25.0 Å². The Bertz CT molecular complexity index is 979. The summed E-state index contributed by atoms with van der Waals surface area (Å²) in [7, 11) is 3.63. The fourth-order valence-electron chi connectivity index (χ4n) is 3.36. The fourth-order valence-corrected chi connectivity index (χ4v) is 3.36. The highest BCUT2D eigenvalue weighted by molar-refractivity contribution is 5.95. The Balaban J connectivity index is 1.65. The summed E-state index contributed by atoms with van der Waals surface area (Å²) in [5.41, 5.74) is 1.28. The van der Waals surface area contributed by atoms with Gasteiger partial charge in [-0.1, -0.05) is 24.4 Å². The van der Waals surface area contributed by atoms with Gasteiger partial charge in [0.2, 0.25) is 0 Å². The van der Waals surface area contributed by atoms with E-state index in [1.54, 1.807) is 23.4 Å². The monoisotopic (exact) mass is 381 g/mol. The van der Waals surface area contributed by atoms with E-state index in [1.807, 2.05) is 20.2 Å². The lowest BCUT2D eigenvalue weighted by atomic mass is 9.96. The lowest BCUT2D eigenvalue weighted by Gasteiger charge is -2.23. The molecule has 1 saturated carbocycles. The lowest BCUT2D eigenvalue weighted by Crippen LogP contribution is -2.39. The van der Waals surface area contributed by atoms with Crippen LogP contribution in [-0.2, 0) is 0 Å². The molecule has 146 valence electrons. The Morgan fingerprint density at radius 3 is 2.79 bits per heavy atom. The summed E-state index contributed by atoms with van der Waals surface area (Å²) in [6.07, 6.45) is 8.91. The second-order valence-electron chi connectivity index (χ2n) is 7.17. The number of nitrogens with zero attached hydrogens (tertiary/aromatic N) is 5. The predicted molar refractivity (Wildman–Crippen MR) is 106 cm³/mol. The molecule has 0 aromatic carbocycles. The number of nitrogens with one attached hydrogen (secondary N) is 2. The molecule has 4 rings (SSSR count). The van der Waals surface area contributed by atoms with Crippen molar-refractivity contribution in [3.8, 4) is 11.5 Å². The van der Waals surface area contributed by atoms with Crippen molar-refractivity contribution < 1.29 is 9.21 Å². The molecule has 0 unspecified atom stereocenters. The Labute approximate surface area is 162 Å². The van der Waals surface area contributed by atoms with Crippen LogP contribution in [0.15, 0.2) is 28.9 Å². The minimum Gasteiger partial charge on any atom is -0.403 e. The highest BCUT2D eigenvalue weighted by Crippen LogP contribution is 2.30. The first-order chi connectivity index (χ1) is 13.6. The molecule has 28 heavy (non-hydrogen) atoms. The van der Waals surface area contributed by atoms with Crippen molar-refractivity contribution in [3.05, 3.63) is 24.5 Å². The molecule has 0 bridgehead atoms. The SMILES string of the molecule is CN(C)c1nnc(-c2cc3cnccc3nc2NC(=O)NC2CCCCC2)o1. The van der Waals surface area contributed by atoms with Crippen LogP contribution in [0, 0.1) is 0 Å². The molecule has 1 fully saturated rings. The Hall–Kier alpha value is -3.23. The molecule has 3 heterocycles. The van der Waals surface area contributed by atoms with Crippen LogP contribution in [0.2, 0.25) is 0 Å². The summed E-state index contributed by atoms with van der Waals surface area (Å²) in [4.78, 5) is 23.0.